The Morgan fingerprint density at radius 2 is 1.66 bits per heavy atom. The van der Waals surface area contributed by atoms with E-state index in [0.717, 1.165) is 49.2 Å². The molecule has 1 saturated heterocycles. The van der Waals surface area contributed by atoms with Gasteiger partial charge < -0.3 is 15.1 Å². The third kappa shape index (κ3) is 4.48. The van der Waals surface area contributed by atoms with Crippen LogP contribution in [0.1, 0.15) is 21.9 Å². The van der Waals surface area contributed by atoms with Gasteiger partial charge in [0.2, 0.25) is 5.95 Å². The van der Waals surface area contributed by atoms with Gasteiger partial charge in [0.15, 0.2) is 0 Å². The second-order valence-electron chi connectivity index (χ2n) is 7.01. The van der Waals surface area contributed by atoms with Crippen LogP contribution < -0.4 is 15.1 Å². The van der Waals surface area contributed by atoms with E-state index in [1.807, 2.05) is 37.3 Å². The van der Waals surface area contributed by atoms with Gasteiger partial charge in [-0.25, -0.2) is 19.9 Å². The number of hydrogen-bond acceptors (Lipinski definition) is 7. The molecule has 0 spiro atoms. The fourth-order valence-electron chi connectivity index (χ4n) is 3.34. The van der Waals surface area contributed by atoms with Gasteiger partial charge in [0.05, 0.1) is 0 Å². The van der Waals surface area contributed by atoms with Crippen LogP contribution in [0.5, 0.6) is 0 Å². The van der Waals surface area contributed by atoms with E-state index in [0.29, 0.717) is 11.5 Å². The van der Waals surface area contributed by atoms with Crippen molar-refractivity contribution in [3.8, 4) is 0 Å². The Balaban J connectivity index is 1.46. The number of aromatic nitrogens is 4. The van der Waals surface area contributed by atoms with Crippen LogP contribution in [-0.2, 0) is 0 Å². The maximum absolute atomic E-state index is 12.7. The lowest BCUT2D eigenvalue weighted by Crippen LogP contribution is -2.47. The van der Waals surface area contributed by atoms with Crippen molar-refractivity contribution in [2.45, 2.75) is 13.8 Å². The second-order valence-corrected chi connectivity index (χ2v) is 7.01. The van der Waals surface area contributed by atoms with Gasteiger partial charge in [-0.15, -0.1) is 0 Å². The van der Waals surface area contributed by atoms with Gasteiger partial charge in [-0.05, 0) is 37.6 Å². The molecule has 4 rings (SSSR count). The molecule has 3 aromatic rings. The van der Waals surface area contributed by atoms with E-state index >= 15 is 0 Å². The normalized spacial score (nSPS) is 14.0. The van der Waals surface area contributed by atoms with E-state index in [9.17, 15) is 4.79 Å². The molecule has 1 fully saturated rings. The Morgan fingerprint density at radius 3 is 2.38 bits per heavy atom. The molecule has 1 amide bonds. The molecule has 0 saturated carbocycles. The topological polar surface area (TPSA) is 87.1 Å². The van der Waals surface area contributed by atoms with E-state index < -0.39 is 0 Å². The monoisotopic (exact) mass is 389 g/mol. The zero-order valence-corrected chi connectivity index (χ0v) is 16.5. The minimum absolute atomic E-state index is 0.237. The van der Waals surface area contributed by atoms with Crippen LogP contribution in [0.15, 0.2) is 48.8 Å². The Bertz CT molecular complexity index is 1000. The lowest BCUT2D eigenvalue weighted by atomic mass is 10.2. The zero-order valence-electron chi connectivity index (χ0n) is 16.5. The van der Waals surface area contributed by atoms with Gasteiger partial charge in [-0.1, -0.05) is 12.1 Å². The largest absolute Gasteiger partial charge is 0.353 e. The molecule has 0 aliphatic carbocycles. The molecule has 1 aromatic carbocycles. The van der Waals surface area contributed by atoms with E-state index in [-0.39, 0.29) is 5.91 Å². The first-order chi connectivity index (χ1) is 14.1. The first-order valence-corrected chi connectivity index (χ1v) is 9.59. The molecule has 0 atom stereocenters. The molecular formula is C21H23N7O. The highest BCUT2D eigenvalue weighted by atomic mass is 16.1. The van der Waals surface area contributed by atoms with Gasteiger partial charge in [-0.3, -0.25) is 4.79 Å². The van der Waals surface area contributed by atoms with Crippen molar-refractivity contribution in [3.63, 3.8) is 0 Å². The number of piperazine rings is 1. The minimum atomic E-state index is -0.237. The number of nitrogens with one attached hydrogen (secondary N) is 1. The highest BCUT2D eigenvalue weighted by Gasteiger charge is 2.21. The third-order valence-corrected chi connectivity index (χ3v) is 4.77. The molecule has 1 N–H and O–H groups in total. The molecule has 148 valence electrons. The summed E-state index contributed by atoms with van der Waals surface area (Å²) < 4.78 is 0. The van der Waals surface area contributed by atoms with Crippen LogP contribution in [0, 0.1) is 13.8 Å². The standard InChI is InChI=1S/C21H23N7O/c1-15-5-3-6-17(13-15)26-20(29)18-14-19(25-16(2)24-18)27-9-11-28(12-10-27)21-22-7-4-8-23-21/h3-8,13-14H,9-12H2,1-2H3,(H,26,29). The first kappa shape index (κ1) is 18.8. The van der Waals surface area contributed by atoms with Crippen LogP contribution in [0.25, 0.3) is 0 Å². The molecule has 0 unspecified atom stereocenters. The number of aryl methyl sites for hydroxylation is 2. The van der Waals surface area contributed by atoms with Crippen molar-refractivity contribution in [2.75, 3.05) is 41.3 Å². The predicted octanol–water partition coefficient (Wildman–Crippen LogP) is 2.46. The minimum Gasteiger partial charge on any atom is -0.353 e. The lowest BCUT2D eigenvalue weighted by molar-refractivity contribution is 0.102. The molecule has 0 radical (unpaired) electrons. The fraction of sp³-hybridized carbons (Fsp3) is 0.286. The Labute approximate surface area is 169 Å². The number of carbonyl (C=O) groups is 1. The Hall–Kier alpha value is -3.55. The van der Waals surface area contributed by atoms with Gasteiger partial charge in [0.1, 0.15) is 17.3 Å². The molecular weight excluding hydrogens is 366 g/mol. The average molecular weight is 389 g/mol. The second kappa shape index (κ2) is 8.22. The lowest BCUT2D eigenvalue weighted by Gasteiger charge is -2.35. The van der Waals surface area contributed by atoms with Crippen molar-refractivity contribution in [1.29, 1.82) is 0 Å². The SMILES string of the molecule is Cc1cccc(NC(=O)c2cc(N3CCN(c4ncccn4)CC3)nc(C)n2)c1. The summed E-state index contributed by atoms with van der Waals surface area (Å²) in [6.45, 7) is 6.92. The number of anilines is 3. The molecule has 8 heteroatoms. The maximum Gasteiger partial charge on any atom is 0.274 e. The molecule has 3 heterocycles. The first-order valence-electron chi connectivity index (χ1n) is 9.59. The summed E-state index contributed by atoms with van der Waals surface area (Å²) in [5.74, 6) is 1.84. The van der Waals surface area contributed by atoms with Crippen LogP contribution in [-0.4, -0.2) is 52.0 Å². The number of carbonyl (C=O) groups excluding carboxylic acids is 1. The van der Waals surface area contributed by atoms with Crippen molar-refractivity contribution < 1.29 is 4.79 Å². The summed E-state index contributed by atoms with van der Waals surface area (Å²) in [5.41, 5.74) is 2.20. The number of amides is 1. The number of rotatable bonds is 4. The summed E-state index contributed by atoms with van der Waals surface area (Å²) >= 11 is 0. The number of hydrogen-bond donors (Lipinski definition) is 1. The third-order valence-electron chi connectivity index (χ3n) is 4.77. The highest BCUT2D eigenvalue weighted by Crippen LogP contribution is 2.18. The molecule has 2 aromatic heterocycles. The number of nitrogens with zero attached hydrogens (tertiary/aromatic N) is 6. The van der Waals surface area contributed by atoms with Crippen molar-refractivity contribution in [2.24, 2.45) is 0 Å². The summed E-state index contributed by atoms with van der Waals surface area (Å²) in [6.07, 6.45) is 3.50. The van der Waals surface area contributed by atoms with Gasteiger partial charge >= 0.3 is 0 Å². The van der Waals surface area contributed by atoms with E-state index in [4.69, 9.17) is 0 Å². The smallest absolute Gasteiger partial charge is 0.274 e. The maximum atomic E-state index is 12.7. The van der Waals surface area contributed by atoms with Crippen molar-refractivity contribution in [1.82, 2.24) is 19.9 Å². The molecule has 8 nitrogen and oxygen atoms in total. The summed E-state index contributed by atoms with van der Waals surface area (Å²) in [6, 6.07) is 11.3. The van der Waals surface area contributed by atoms with Gasteiger partial charge in [-0.2, -0.15) is 0 Å². The fourth-order valence-corrected chi connectivity index (χ4v) is 3.34. The van der Waals surface area contributed by atoms with Crippen molar-refractivity contribution >= 4 is 23.4 Å². The molecule has 1 aliphatic rings. The van der Waals surface area contributed by atoms with E-state index in [1.165, 1.54) is 0 Å². The summed E-state index contributed by atoms with van der Waals surface area (Å²) in [7, 11) is 0. The van der Waals surface area contributed by atoms with E-state index in [2.05, 4.69) is 35.1 Å². The molecule has 0 bridgehead atoms. The van der Waals surface area contributed by atoms with Crippen LogP contribution in [0.4, 0.5) is 17.5 Å². The Morgan fingerprint density at radius 1 is 0.931 bits per heavy atom. The summed E-state index contributed by atoms with van der Waals surface area (Å²) in [4.78, 5) is 34.5. The van der Waals surface area contributed by atoms with Crippen LogP contribution in [0.2, 0.25) is 0 Å². The molecule has 1 aliphatic heterocycles. The quantitative estimate of drug-likeness (QED) is 0.733. The zero-order chi connectivity index (χ0) is 20.2. The molecule has 29 heavy (non-hydrogen) atoms. The van der Waals surface area contributed by atoms with Gasteiger partial charge in [0, 0.05) is 50.3 Å². The van der Waals surface area contributed by atoms with Crippen molar-refractivity contribution in [3.05, 3.63) is 65.9 Å². The Kier molecular flexibility index (Phi) is 5.33. The highest BCUT2D eigenvalue weighted by molar-refractivity contribution is 6.03. The summed E-state index contributed by atoms with van der Waals surface area (Å²) in [5, 5.41) is 2.91. The van der Waals surface area contributed by atoms with Crippen LogP contribution in [0.3, 0.4) is 0 Å². The van der Waals surface area contributed by atoms with Gasteiger partial charge in [0.25, 0.3) is 5.91 Å². The average Bonchev–Trinajstić information content (AvgIpc) is 2.74. The van der Waals surface area contributed by atoms with Crippen LogP contribution >= 0.6 is 0 Å². The predicted molar refractivity (Wildman–Crippen MR) is 112 cm³/mol. The number of benzene rings is 1. The van der Waals surface area contributed by atoms with E-state index in [1.54, 1.807) is 25.4 Å².